The Bertz CT molecular complexity index is 755. The van der Waals surface area contributed by atoms with Crippen molar-refractivity contribution in [1.29, 1.82) is 0 Å². The quantitative estimate of drug-likeness (QED) is 0.712. The predicted molar refractivity (Wildman–Crippen MR) is 75.2 cm³/mol. The van der Waals surface area contributed by atoms with E-state index in [1.807, 2.05) is 16.7 Å². The van der Waals surface area contributed by atoms with Gasteiger partial charge in [0.1, 0.15) is 0 Å². The number of H-pyrrole nitrogens is 1. The second kappa shape index (κ2) is 4.38. The van der Waals surface area contributed by atoms with E-state index in [1.54, 1.807) is 6.20 Å². The molecule has 0 atom stereocenters. The van der Waals surface area contributed by atoms with Crippen LogP contribution in [0, 0.1) is 11.7 Å². The summed E-state index contributed by atoms with van der Waals surface area (Å²) in [7, 11) is 0. The predicted octanol–water partition coefficient (Wildman–Crippen LogP) is 3.45. The number of hydrogen-bond donors (Lipinski definition) is 1. The van der Waals surface area contributed by atoms with Gasteiger partial charge in [0.15, 0.2) is 10.4 Å². The van der Waals surface area contributed by atoms with Crippen LogP contribution in [0.5, 0.6) is 0 Å². The highest BCUT2D eigenvalue weighted by molar-refractivity contribution is 7.71. The molecular formula is C14H13N3S. The summed E-state index contributed by atoms with van der Waals surface area (Å²) in [6, 6.07) is 12.3. The number of benzene rings is 1. The molecule has 0 aliphatic carbocycles. The first-order chi connectivity index (χ1) is 8.74. The molecule has 3 rings (SSSR count). The number of rotatable bonds is 2. The fourth-order valence-corrected chi connectivity index (χ4v) is 2.39. The number of aryl methyl sites for hydroxylation is 1. The maximum Gasteiger partial charge on any atom is 0.179 e. The lowest BCUT2D eigenvalue weighted by atomic mass is 10.1. The molecule has 2 aromatic heterocycles. The Hall–Kier alpha value is -1.94. The summed E-state index contributed by atoms with van der Waals surface area (Å²) in [6.07, 6.45) is 1.79. The topological polar surface area (TPSA) is 33.6 Å². The lowest BCUT2D eigenvalue weighted by molar-refractivity contribution is 0.800. The largest absolute Gasteiger partial charge is 0.329 e. The number of pyridine rings is 1. The van der Waals surface area contributed by atoms with Gasteiger partial charge in [-0.3, -0.25) is 4.57 Å². The highest BCUT2D eigenvalue weighted by atomic mass is 32.1. The van der Waals surface area contributed by atoms with E-state index >= 15 is 0 Å². The van der Waals surface area contributed by atoms with Crippen LogP contribution in [-0.4, -0.2) is 14.5 Å². The van der Waals surface area contributed by atoms with Crippen LogP contribution in [0.2, 0.25) is 0 Å². The number of fused-ring (bicyclic) bond motifs is 1. The molecule has 1 N–H and O–H groups in total. The summed E-state index contributed by atoms with van der Waals surface area (Å²) < 4.78 is 2.74. The van der Waals surface area contributed by atoms with Crippen LogP contribution in [-0.2, 0) is 6.54 Å². The standard InChI is InChI=1S/C14H13N3S/c1-10-4-2-5-11(8-10)9-17-13-12(16-14(17)18)6-3-7-15-13/h2-8H,9H2,1H3,(H,16,18). The van der Waals surface area contributed by atoms with Crippen LogP contribution in [0.4, 0.5) is 0 Å². The molecule has 3 nitrogen and oxygen atoms in total. The Morgan fingerprint density at radius 1 is 1.28 bits per heavy atom. The lowest BCUT2D eigenvalue weighted by Gasteiger charge is -2.04. The minimum atomic E-state index is 0.713. The van der Waals surface area contributed by atoms with Crippen molar-refractivity contribution in [2.24, 2.45) is 0 Å². The number of nitrogens with one attached hydrogen (secondary N) is 1. The molecule has 0 saturated carbocycles. The van der Waals surface area contributed by atoms with Crippen molar-refractivity contribution >= 4 is 23.4 Å². The summed E-state index contributed by atoms with van der Waals surface area (Å²) >= 11 is 5.35. The van der Waals surface area contributed by atoms with Crippen molar-refractivity contribution in [1.82, 2.24) is 14.5 Å². The van der Waals surface area contributed by atoms with E-state index in [-0.39, 0.29) is 0 Å². The summed E-state index contributed by atoms with van der Waals surface area (Å²) in [5.74, 6) is 0. The van der Waals surface area contributed by atoms with Gasteiger partial charge in [0.05, 0.1) is 12.1 Å². The van der Waals surface area contributed by atoms with E-state index < -0.39 is 0 Å². The zero-order chi connectivity index (χ0) is 12.5. The van der Waals surface area contributed by atoms with Crippen molar-refractivity contribution < 1.29 is 0 Å². The molecule has 0 saturated heterocycles. The molecule has 90 valence electrons. The molecule has 0 unspecified atom stereocenters. The molecule has 0 aliphatic heterocycles. The zero-order valence-electron chi connectivity index (χ0n) is 10.1. The molecule has 0 bridgehead atoms. The maximum atomic E-state index is 5.35. The first-order valence-electron chi connectivity index (χ1n) is 5.83. The van der Waals surface area contributed by atoms with Crippen LogP contribution in [0.15, 0.2) is 42.6 Å². The highest BCUT2D eigenvalue weighted by Gasteiger charge is 2.05. The number of hydrogen-bond acceptors (Lipinski definition) is 2. The van der Waals surface area contributed by atoms with Crippen molar-refractivity contribution in [2.45, 2.75) is 13.5 Å². The van der Waals surface area contributed by atoms with Gasteiger partial charge in [-0.1, -0.05) is 29.8 Å². The van der Waals surface area contributed by atoms with Crippen molar-refractivity contribution in [2.75, 3.05) is 0 Å². The monoisotopic (exact) mass is 255 g/mol. The molecule has 0 radical (unpaired) electrons. The van der Waals surface area contributed by atoms with Gasteiger partial charge in [0.25, 0.3) is 0 Å². The third-order valence-corrected chi connectivity index (χ3v) is 3.27. The van der Waals surface area contributed by atoms with Crippen molar-refractivity contribution in [3.8, 4) is 0 Å². The van der Waals surface area contributed by atoms with Crippen LogP contribution >= 0.6 is 12.2 Å². The molecule has 3 aromatic rings. The molecule has 0 aliphatic rings. The van der Waals surface area contributed by atoms with Gasteiger partial charge >= 0.3 is 0 Å². The van der Waals surface area contributed by atoms with E-state index in [0.29, 0.717) is 4.77 Å². The average Bonchev–Trinajstić information content (AvgIpc) is 2.66. The summed E-state index contributed by atoms with van der Waals surface area (Å²) in [4.78, 5) is 7.56. The van der Waals surface area contributed by atoms with Crippen LogP contribution < -0.4 is 0 Å². The first-order valence-corrected chi connectivity index (χ1v) is 6.24. The third-order valence-electron chi connectivity index (χ3n) is 2.95. The van der Waals surface area contributed by atoms with Gasteiger partial charge in [0.2, 0.25) is 0 Å². The third kappa shape index (κ3) is 1.95. The minimum Gasteiger partial charge on any atom is -0.329 e. The fraction of sp³-hybridized carbons (Fsp3) is 0.143. The van der Waals surface area contributed by atoms with Crippen LogP contribution in [0.3, 0.4) is 0 Å². The molecule has 18 heavy (non-hydrogen) atoms. The Morgan fingerprint density at radius 2 is 2.17 bits per heavy atom. The first kappa shape index (κ1) is 11.2. The number of nitrogens with zero attached hydrogens (tertiary/aromatic N) is 2. The molecule has 2 heterocycles. The summed E-state index contributed by atoms with van der Waals surface area (Å²) in [5, 5.41) is 0. The second-order valence-corrected chi connectivity index (χ2v) is 4.77. The fourth-order valence-electron chi connectivity index (χ4n) is 2.13. The highest BCUT2D eigenvalue weighted by Crippen LogP contribution is 2.14. The van der Waals surface area contributed by atoms with E-state index in [9.17, 15) is 0 Å². The van der Waals surface area contributed by atoms with E-state index in [2.05, 4.69) is 41.2 Å². The van der Waals surface area contributed by atoms with E-state index in [1.165, 1.54) is 11.1 Å². The smallest absolute Gasteiger partial charge is 0.179 e. The Labute approximate surface area is 110 Å². The zero-order valence-corrected chi connectivity index (χ0v) is 10.9. The van der Waals surface area contributed by atoms with Gasteiger partial charge in [-0.2, -0.15) is 0 Å². The maximum absolute atomic E-state index is 5.35. The molecule has 4 heteroatoms. The number of aromatic amines is 1. The van der Waals surface area contributed by atoms with Gasteiger partial charge in [-0.15, -0.1) is 0 Å². The minimum absolute atomic E-state index is 0.713. The molecule has 1 aromatic carbocycles. The average molecular weight is 255 g/mol. The number of imidazole rings is 1. The van der Waals surface area contributed by atoms with E-state index in [4.69, 9.17) is 12.2 Å². The molecule has 0 amide bonds. The van der Waals surface area contributed by atoms with Crippen molar-refractivity contribution in [3.63, 3.8) is 0 Å². The summed E-state index contributed by atoms with van der Waals surface area (Å²) in [5.41, 5.74) is 4.38. The van der Waals surface area contributed by atoms with Gasteiger partial charge in [-0.25, -0.2) is 4.98 Å². The SMILES string of the molecule is Cc1cccc(Cn2c(=S)[nH]c3cccnc32)c1. The number of aromatic nitrogens is 3. The summed E-state index contributed by atoms with van der Waals surface area (Å²) in [6.45, 7) is 2.84. The van der Waals surface area contributed by atoms with Gasteiger partial charge in [0, 0.05) is 6.20 Å². The van der Waals surface area contributed by atoms with Gasteiger partial charge in [-0.05, 0) is 36.8 Å². The Kier molecular flexibility index (Phi) is 2.72. The lowest BCUT2D eigenvalue weighted by Crippen LogP contribution is -2.00. The van der Waals surface area contributed by atoms with Crippen LogP contribution in [0.25, 0.3) is 11.2 Å². The Balaban J connectivity index is 2.10. The Morgan fingerprint density at radius 3 is 3.00 bits per heavy atom. The molecule has 0 fully saturated rings. The second-order valence-electron chi connectivity index (χ2n) is 4.38. The molecular weight excluding hydrogens is 242 g/mol. The van der Waals surface area contributed by atoms with E-state index in [0.717, 1.165) is 17.7 Å². The van der Waals surface area contributed by atoms with Crippen LogP contribution in [0.1, 0.15) is 11.1 Å². The van der Waals surface area contributed by atoms with Gasteiger partial charge < -0.3 is 4.98 Å². The van der Waals surface area contributed by atoms with Crippen molar-refractivity contribution in [3.05, 3.63) is 58.5 Å². The molecule has 0 spiro atoms. The normalized spacial score (nSPS) is 10.9.